The number of anilines is 2. The number of nitrogen functional groups attached to an aromatic ring is 1. The molecule has 0 amide bonds. The number of sulfonamides is 1. The van der Waals surface area contributed by atoms with Gasteiger partial charge in [-0.25, -0.2) is 18.4 Å². The maximum atomic E-state index is 12.3. The van der Waals surface area contributed by atoms with Gasteiger partial charge in [0.15, 0.2) is 5.82 Å². The Morgan fingerprint density at radius 3 is 2.40 bits per heavy atom. The highest BCUT2D eigenvalue weighted by atomic mass is 79.9. The molecule has 0 radical (unpaired) electrons. The quantitative estimate of drug-likeness (QED) is 0.821. The van der Waals surface area contributed by atoms with Gasteiger partial charge in [-0.2, -0.15) is 0 Å². The smallest absolute Gasteiger partial charge is 0.265 e. The van der Waals surface area contributed by atoms with Gasteiger partial charge in [0, 0.05) is 0 Å². The molecular formula is C12H13BrN4O2S. The van der Waals surface area contributed by atoms with E-state index in [9.17, 15) is 8.42 Å². The van der Waals surface area contributed by atoms with Gasteiger partial charge in [-0.15, -0.1) is 0 Å². The first kappa shape index (κ1) is 14.7. The van der Waals surface area contributed by atoms with E-state index in [1.165, 1.54) is 12.4 Å². The van der Waals surface area contributed by atoms with E-state index in [1.54, 1.807) is 12.1 Å². The number of benzene rings is 1. The van der Waals surface area contributed by atoms with Crippen LogP contribution in [0, 0.1) is 13.8 Å². The minimum atomic E-state index is -3.79. The average Bonchev–Trinajstić information content (AvgIpc) is 2.36. The summed E-state index contributed by atoms with van der Waals surface area (Å²) in [6.45, 7) is 3.70. The van der Waals surface area contributed by atoms with E-state index in [1.807, 2.05) is 13.8 Å². The zero-order chi connectivity index (χ0) is 14.9. The first-order valence-electron chi connectivity index (χ1n) is 5.66. The SMILES string of the molecule is Cc1cc(N)c(S(=O)(=O)Nc2cnc(Br)cn2)cc1C. The zero-order valence-corrected chi connectivity index (χ0v) is 13.3. The van der Waals surface area contributed by atoms with E-state index < -0.39 is 10.0 Å². The van der Waals surface area contributed by atoms with Gasteiger partial charge in [-0.05, 0) is 53.0 Å². The van der Waals surface area contributed by atoms with E-state index in [2.05, 4.69) is 30.6 Å². The van der Waals surface area contributed by atoms with Crippen LogP contribution in [0.2, 0.25) is 0 Å². The van der Waals surface area contributed by atoms with E-state index in [0.29, 0.717) is 4.60 Å². The highest BCUT2D eigenvalue weighted by molar-refractivity contribution is 9.10. The molecule has 8 heteroatoms. The lowest BCUT2D eigenvalue weighted by Crippen LogP contribution is -2.16. The van der Waals surface area contributed by atoms with Crippen molar-refractivity contribution in [1.29, 1.82) is 0 Å². The Kier molecular flexibility index (Phi) is 3.96. The Bertz CT molecular complexity index is 745. The average molecular weight is 357 g/mol. The molecule has 0 spiro atoms. The van der Waals surface area contributed by atoms with Crippen LogP contribution in [0.15, 0.2) is 34.0 Å². The van der Waals surface area contributed by atoms with Gasteiger partial charge >= 0.3 is 0 Å². The molecule has 0 aliphatic heterocycles. The minimum absolute atomic E-state index is 0.0327. The number of nitrogens with zero attached hydrogens (tertiary/aromatic N) is 2. The monoisotopic (exact) mass is 356 g/mol. The maximum Gasteiger partial charge on any atom is 0.265 e. The van der Waals surface area contributed by atoms with Crippen LogP contribution in [0.3, 0.4) is 0 Å². The fourth-order valence-electron chi connectivity index (χ4n) is 1.60. The third-order valence-corrected chi connectivity index (χ3v) is 4.59. The number of rotatable bonds is 3. The molecule has 6 nitrogen and oxygen atoms in total. The van der Waals surface area contributed by atoms with Gasteiger partial charge in [-0.3, -0.25) is 4.72 Å². The normalized spacial score (nSPS) is 11.3. The third kappa shape index (κ3) is 3.07. The molecule has 1 aromatic carbocycles. The summed E-state index contributed by atoms with van der Waals surface area (Å²) in [5, 5.41) is 0. The molecular weight excluding hydrogens is 344 g/mol. The van der Waals surface area contributed by atoms with Gasteiger partial charge in [0.25, 0.3) is 10.0 Å². The van der Waals surface area contributed by atoms with E-state index >= 15 is 0 Å². The molecule has 0 saturated heterocycles. The predicted molar refractivity (Wildman–Crippen MR) is 80.9 cm³/mol. The summed E-state index contributed by atoms with van der Waals surface area (Å²) in [6, 6.07) is 3.18. The Balaban J connectivity index is 2.40. The van der Waals surface area contributed by atoms with Gasteiger partial charge in [0.1, 0.15) is 9.50 Å². The van der Waals surface area contributed by atoms with Crippen molar-refractivity contribution in [3.05, 3.63) is 40.3 Å². The molecule has 1 heterocycles. The molecule has 0 aliphatic rings. The van der Waals surface area contributed by atoms with E-state index in [4.69, 9.17) is 5.73 Å². The molecule has 0 bridgehead atoms. The second-order valence-electron chi connectivity index (χ2n) is 4.30. The Morgan fingerprint density at radius 1 is 1.15 bits per heavy atom. The summed E-state index contributed by atoms with van der Waals surface area (Å²) in [6.07, 6.45) is 2.72. The summed E-state index contributed by atoms with van der Waals surface area (Å²) in [5.74, 6) is 0.130. The Hall–Kier alpha value is -1.67. The first-order chi connectivity index (χ1) is 9.29. The molecule has 20 heavy (non-hydrogen) atoms. The second-order valence-corrected chi connectivity index (χ2v) is 6.77. The standard InChI is InChI=1S/C12H13BrN4O2S/c1-7-3-9(14)10(4-8(7)2)20(18,19)17-12-6-15-11(13)5-16-12/h3-6H,14H2,1-2H3,(H,16,17). The van der Waals surface area contributed by atoms with Crippen LogP contribution in [0.5, 0.6) is 0 Å². The van der Waals surface area contributed by atoms with Crippen LogP contribution in [0.25, 0.3) is 0 Å². The highest BCUT2D eigenvalue weighted by Gasteiger charge is 2.19. The Morgan fingerprint density at radius 2 is 1.80 bits per heavy atom. The van der Waals surface area contributed by atoms with Crippen molar-refractivity contribution >= 4 is 37.5 Å². The lowest BCUT2D eigenvalue weighted by Gasteiger charge is -2.11. The van der Waals surface area contributed by atoms with Crippen LogP contribution < -0.4 is 10.5 Å². The van der Waals surface area contributed by atoms with Gasteiger partial charge < -0.3 is 5.73 Å². The van der Waals surface area contributed by atoms with Crippen molar-refractivity contribution in [3.8, 4) is 0 Å². The largest absolute Gasteiger partial charge is 0.398 e. The summed E-state index contributed by atoms with van der Waals surface area (Å²) in [4.78, 5) is 7.86. The fourth-order valence-corrected chi connectivity index (χ4v) is 3.00. The number of nitrogens with two attached hydrogens (primary N) is 1. The van der Waals surface area contributed by atoms with Crippen molar-refractivity contribution in [2.75, 3.05) is 10.5 Å². The van der Waals surface area contributed by atoms with Crippen molar-refractivity contribution in [1.82, 2.24) is 9.97 Å². The molecule has 2 aromatic rings. The summed E-state index contributed by atoms with van der Waals surface area (Å²) in [7, 11) is -3.79. The number of nitrogens with one attached hydrogen (secondary N) is 1. The van der Waals surface area contributed by atoms with Crippen molar-refractivity contribution in [2.24, 2.45) is 0 Å². The van der Waals surface area contributed by atoms with Crippen molar-refractivity contribution < 1.29 is 8.42 Å². The number of aromatic nitrogens is 2. The molecule has 2 rings (SSSR count). The molecule has 0 atom stereocenters. The number of hydrogen-bond donors (Lipinski definition) is 2. The predicted octanol–water partition coefficient (Wildman–Crippen LogP) is 2.24. The van der Waals surface area contributed by atoms with E-state index in [0.717, 1.165) is 11.1 Å². The number of hydrogen-bond acceptors (Lipinski definition) is 5. The molecule has 0 fully saturated rings. The van der Waals surface area contributed by atoms with E-state index in [-0.39, 0.29) is 16.4 Å². The van der Waals surface area contributed by atoms with Crippen LogP contribution >= 0.6 is 15.9 Å². The number of aryl methyl sites for hydroxylation is 2. The first-order valence-corrected chi connectivity index (χ1v) is 7.94. The summed E-state index contributed by atoms with van der Waals surface area (Å²) >= 11 is 3.13. The molecule has 0 saturated carbocycles. The van der Waals surface area contributed by atoms with Crippen molar-refractivity contribution in [3.63, 3.8) is 0 Å². The summed E-state index contributed by atoms with van der Waals surface area (Å²) in [5.41, 5.74) is 7.77. The molecule has 0 aliphatic carbocycles. The fraction of sp³-hybridized carbons (Fsp3) is 0.167. The van der Waals surface area contributed by atoms with Gasteiger partial charge in [-0.1, -0.05) is 0 Å². The maximum absolute atomic E-state index is 12.3. The minimum Gasteiger partial charge on any atom is -0.398 e. The van der Waals surface area contributed by atoms with Crippen LogP contribution in [0.4, 0.5) is 11.5 Å². The lowest BCUT2D eigenvalue weighted by molar-refractivity contribution is 0.601. The van der Waals surface area contributed by atoms with Crippen LogP contribution in [0.1, 0.15) is 11.1 Å². The Labute approximate surface area is 125 Å². The lowest BCUT2D eigenvalue weighted by atomic mass is 10.1. The van der Waals surface area contributed by atoms with Crippen LogP contribution in [-0.4, -0.2) is 18.4 Å². The van der Waals surface area contributed by atoms with Crippen molar-refractivity contribution in [2.45, 2.75) is 18.7 Å². The highest BCUT2D eigenvalue weighted by Crippen LogP contribution is 2.24. The van der Waals surface area contributed by atoms with Crippen LogP contribution in [-0.2, 0) is 10.0 Å². The summed E-state index contributed by atoms with van der Waals surface area (Å²) < 4.78 is 27.5. The molecule has 106 valence electrons. The molecule has 3 N–H and O–H groups in total. The molecule has 1 aromatic heterocycles. The zero-order valence-electron chi connectivity index (χ0n) is 10.9. The van der Waals surface area contributed by atoms with Gasteiger partial charge in [0.2, 0.25) is 0 Å². The van der Waals surface area contributed by atoms with Gasteiger partial charge in [0.05, 0.1) is 18.1 Å². The molecule has 0 unspecified atom stereocenters. The topological polar surface area (TPSA) is 98.0 Å². The number of halogens is 1. The third-order valence-electron chi connectivity index (χ3n) is 2.77. The second kappa shape index (κ2) is 5.37.